The topological polar surface area (TPSA) is 71.1 Å². The number of esters is 1. The van der Waals surface area contributed by atoms with E-state index in [1.54, 1.807) is 0 Å². The third-order valence-electron chi connectivity index (χ3n) is 2.07. The summed E-state index contributed by atoms with van der Waals surface area (Å²) in [5.41, 5.74) is 0. The number of carbonyl (C=O) groups excluding carboxylic acids is 1. The van der Waals surface area contributed by atoms with Crippen molar-refractivity contribution in [1.82, 2.24) is 0 Å². The maximum Gasteiger partial charge on any atom is 0.477 e. The minimum atomic E-state index is -3.66. The van der Waals surface area contributed by atoms with Crippen LogP contribution in [0.1, 0.15) is 39.5 Å². The van der Waals surface area contributed by atoms with Gasteiger partial charge in [-0.2, -0.15) is 0 Å². The summed E-state index contributed by atoms with van der Waals surface area (Å²) >= 11 is 0. The van der Waals surface area contributed by atoms with Gasteiger partial charge in [0.1, 0.15) is 0 Å². The van der Waals surface area contributed by atoms with Gasteiger partial charge in [0.2, 0.25) is 6.79 Å². The Morgan fingerprint density at radius 3 is 2.05 bits per heavy atom. The first-order valence-electron chi connectivity index (χ1n) is 6.40. The Balaban J connectivity index is 4.18. The second kappa shape index (κ2) is 11.2. The summed E-state index contributed by atoms with van der Waals surface area (Å²) in [6.07, 6.45) is 4.29. The van der Waals surface area contributed by atoms with E-state index >= 15 is 0 Å². The van der Waals surface area contributed by atoms with Gasteiger partial charge in [0.25, 0.3) is 0 Å². The lowest BCUT2D eigenvalue weighted by molar-refractivity contribution is -0.145. The molecule has 0 radical (unpaired) electrons. The molecule has 0 aromatic rings. The fourth-order valence-electron chi connectivity index (χ4n) is 0.961. The van der Waals surface area contributed by atoms with E-state index in [1.807, 2.05) is 13.8 Å². The molecule has 0 N–H and O–H groups in total. The van der Waals surface area contributed by atoms with Crippen LogP contribution < -0.4 is 0 Å². The summed E-state index contributed by atoms with van der Waals surface area (Å²) < 4.78 is 31.9. The zero-order valence-corrected chi connectivity index (χ0v) is 12.5. The van der Waals surface area contributed by atoms with E-state index in [2.05, 4.69) is 11.3 Å². The molecule has 7 heteroatoms. The fraction of sp³-hybridized carbons (Fsp3) is 0.750. The average molecular weight is 294 g/mol. The summed E-state index contributed by atoms with van der Waals surface area (Å²) in [6, 6.07) is 0. The molecular weight excluding hydrogens is 271 g/mol. The predicted octanol–water partition coefficient (Wildman–Crippen LogP) is 3.43. The minimum absolute atomic E-state index is 0.273. The van der Waals surface area contributed by atoms with E-state index in [0.717, 1.165) is 31.8 Å². The maximum atomic E-state index is 12.1. The van der Waals surface area contributed by atoms with Crippen molar-refractivity contribution < 1.29 is 27.7 Å². The monoisotopic (exact) mass is 294 g/mol. The Morgan fingerprint density at radius 2 is 1.63 bits per heavy atom. The zero-order valence-electron chi connectivity index (χ0n) is 11.6. The molecule has 0 saturated carbocycles. The first kappa shape index (κ1) is 18.3. The molecule has 0 aromatic heterocycles. The highest BCUT2D eigenvalue weighted by Crippen LogP contribution is 2.49. The van der Waals surface area contributed by atoms with Crippen molar-refractivity contribution in [2.45, 2.75) is 39.5 Å². The van der Waals surface area contributed by atoms with Gasteiger partial charge in [-0.25, -0.2) is 13.9 Å². The number of hydrogen-bond donors (Lipinski definition) is 0. The molecule has 0 heterocycles. The smallest absolute Gasteiger partial charge is 0.435 e. The molecule has 0 fully saturated rings. The van der Waals surface area contributed by atoms with Crippen LogP contribution in [0.25, 0.3) is 0 Å². The number of rotatable bonds is 12. The normalized spacial score (nSPS) is 11.3. The molecule has 112 valence electrons. The van der Waals surface area contributed by atoms with E-state index in [-0.39, 0.29) is 13.2 Å². The van der Waals surface area contributed by atoms with Crippen LogP contribution in [0.4, 0.5) is 0 Å². The van der Waals surface area contributed by atoms with Gasteiger partial charge in [-0.05, 0) is 12.8 Å². The van der Waals surface area contributed by atoms with E-state index in [0.29, 0.717) is 0 Å². The number of carbonyl (C=O) groups is 1. The molecule has 0 aliphatic rings. The van der Waals surface area contributed by atoms with Crippen molar-refractivity contribution in [3.8, 4) is 0 Å². The van der Waals surface area contributed by atoms with Crippen LogP contribution in [-0.4, -0.2) is 26.0 Å². The van der Waals surface area contributed by atoms with Crippen molar-refractivity contribution in [1.29, 1.82) is 0 Å². The van der Waals surface area contributed by atoms with Gasteiger partial charge in [0, 0.05) is 6.08 Å². The number of unbranched alkanes of at least 4 members (excludes halogenated alkanes) is 2. The molecule has 0 saturated heterocycles. The molecule has 6 nitrogen and oxygen atoms in total. The standard InChI is InChI=1S/C12H23O6P/c1-4-7-9-16-19(14,17-10-8-5-2)18-11-15-12(13)6-3/h6H,3-5,7-11H2,1-2H3. The molecule has 0 aliphatic carbocycles. The first-order valence-corrected chi connectivity index (χ1v) is 7.86. The summed E-state index contributed by atoms with van der Waals surface area (Å²) in [5.74, 6) is -0.659. The van der Waals surface area contributed by atoms with E-state index in [9.17, 15) is 9.36 Å². The Labute approximate surface area is 114 Å². The third kappa shape index (κ3) is 9.85. The number of phosphoric acid groups is 1. The van der Waals surface area contributed by atoms with Crippen LogP contribution >= 0.6 is 7.82 Å². The number of hydrogen-bond acceptors (Lipinski definition) is 6. The number of ether oxygens (including phenoxy) is 1. The summed E-state index contributed by atoms with van der Waals surface area (Å²) in [7, 11) is -3.66. The number of phosphoric ester groups is 1. The van der Waals surface area contributed by atoms with Crippen LogP contribution in [0.3, 0.4) is 0 Å². The molecule has 0 amide bonds. The minimum Gasteiger partial charge on any atom is -0.435 e. The van der Waals surface area contributed by atoms with Crippen molar-refractivity contribution in [2.24, 2.45) is 0 Å². The highest BCUT2D eigenvalue weighted by molar-refractivity contribution is 7.48. The largest absolute Gasteiger partial charge is 0.477 e. The molecule has 0 atom stereocenters. The van der Waals surface area contributed by atoms with Crippen molar-refractivity contribution >= 4 is 13.8 Å². The highest BCUT2D eigenvalue weighted by atomic mass is 31.2. The first-order chi connectivity index (χ1) is 9.08. The van der Waals surface area contributed by atoms with Gasteiger partial charge in [-0.3, -0.25) is 9.05 Å². The molecule has 0 spiro atoms. The van der Waals surface area contributed by atoms with Gasteiger partial charge in [-0.1, -0.05) is 33.3 Å². The van der Waals surface area contributed by atoms with Gasteiger partial charge < -0.3 is 4.74 Å². The second-order valence-electron chi connectivity index (χ2n) is 3.74. The Bertz CT molecular complexity index is 291. The van der Waals surface area contributed by atoms with E-state index in [4.69, 9.17) is 13.6 Å². The third-order valence-corrected chi connectivity index (χ3v) is 3.49. The van der Waals surface area contributed by atoms with E-state index < -0.39 is 20.6 Å². The van der Waals surface area contributed by atoms with Crippen LogP contribution in [0.2, 0.25) is 0 Å². The van der Waals surface area contributed by atoms with Crippen LogP contribution in [-0.2, 0) is 27.7 Å². The average Bonchev–Trinajstić information content (AvgIpc) is 2.39. The maximum absolute atomic E-state index is 12.1. The van der Waals surface area contributed by atoms with Gasteiger partial charge >= 0.3 is 13.8 Å². The van der Waals surface area contributed by atoms with Crippen LogP contribution in [0, 0.1) is 0 Å². The molecule has 0 bridgehead atoms. The Hall–Kier alpha value is -0.680. The Morgan fingerprint density at radius 1 is 1.11 bits per heavy atom. The van der Waals surface area contributed by atoms with Crippen molar-refractivity contribution in [3.05, 3.63) is 12.7 Å². The summed E-state index contributed by atoms with van der Waals surface area (Å²) in [4.78, 5) is 10.8. The molecule has 0 rings (SSSR count). The lowest BCUT2D eigenvalue weighted by atomic mass is 10.4. The Kier molecular flexibility index (Phi) is 10.8. The predicted molar refractivity (Wildman–Crippen MR) is 71.6 cm³/mol. The lowest BCUT2D eigenvalue weighted by Gasteiger charge is -2.17. The molecule has 19 heavy (non-hydrogen) atoms. The van der Waals surface area contributed by atoms with Gasteiger partial charge in [0.05, 0.1) is 13.2 Å². The summed E-state index contributed by atoms with van der Waals surface area (Å²) in [5, 5.41) is 0. The van der Waals surface area contributed by atoms with Crippen LogP contribution in [0.5, 0.6) is 0 Å². The van der Waals surface area contributed by atoms with Crippen molar-refractivity contribution in [3.63, 3.8) is 0 Å². The van der Waals surface area contributed by atoms with Gasteiger partial charge in [0.15, 0.2) is 0 Å². The zero-order chi connectivity index (χ0) is 14.6. The lowest BCUT2D eigenvalue weighted by Crippen LogP contribution is -2.08. The van der Waals surface area contributed by atoms with E-state index in [1.165, 1.54) is 0 Å². The van der Waals surface area contributed by atoms with Gasteiger partial charge in [-0.15, -0.1) is 0 Å². The molecule has 0 aromatic carbocycles. The second-order valence-corrected chi connectivity index (χ2v) is 5.40. The summed E-state index contributed by atoms with van der Waals surface area (Å²) in [6.45, 7) is 7.27. The van der Waals surface area contributed by atoms with Crippen LogP contribution in [0.15, 0.2) is 12.7 Å². The quantitative estimate of drug-likeness (QED) is 0.180. The molecule has 0 unspecified atom stereocenters. The molecular formula is C12H23O6P. The SMILES string of the molecule is C=CC(=O)OCOP(=O)(OCCCC)OCCCC. The fourth-order valence-corrected chi connectivity index (χ4v) is 2.07. The molecule has 0 aliphatic heterocycles. The highest BCUT2D eigenvalue weighted by Gasteiger charge is 2.26. The van der Waals surface area contributed by atoms with Crippen molar-refractivity contribution in [2.75, 3.05) is 20.0 Å².